The number of rotatable bonds is 3. The lowest BCUT2D eigenvalue weighted by atomic mass is 9.91. The monoisotopic (exact) mass is 349 g/mol. The lowest BCUT2D eigenvalue weighted by Gasteiger charge is -2.33. The van der Waals surface area contributed by atoms with Crippen LogP contribution in [0.5, 0.6) is 0 Å². The van der Waals surface area contributed by atoms with E-state index < -0.39 is 0 Å². The van der Waals surface area contributed by atoms with E-state index in [9.17, 15) is 4.79 Å². The molecule has 1 aromatic rings. The van der Waals surface area contributed by atoms with Crippen molar-refractivity contribution >= 4 is 17.2 Å². The van der Waals surface area contributed by atoms with Gasteiger partial charge in [-0.2, -0.15) is 0 Å². The molecule has 3 aliphatic rings. The zero-order chi connectivity index (χ0) is 16.5. The molecule has 3 atom stereocenters. The highest BCUT2D eigenvalue weighted by Crippen LogP contribution is 2.35. The summed E-state index contributed by atoms with van der Waals surface area (Å²) in [6, 6.07) is 0. The van der Waals surface area contributed by atoms with E-state index >= 15 is 0 Å². The predicted molar refractivity (Wildman–Crippen MR) is 93.8 cm³/mol. The lowest BCUT2D eigenvalue weighted by Crippen LogP contribution is -2.44. The maximum Gasteiger partial charge on any atom is 0.251 e. The molecule has 0 N–H and O–H groups in total. The molecule has 132 valence electrons. The molecule has 1 amide bonds. The van der Waals surface area contributed by atoms with E-state index in [0.717, 1.165) is 64.3 Å². The van der Waals surface area contributed by atoms with Crippen LogP contribution in [0.15, 0.2) is 11.6 Å². The van der Waals surface area contributed by atoms with Gasteiger partial charge in [0.15, 0.2) is 0 Å². The van der Waals surface area contributed by atoms with Gasteiger partial charge in [0.1, 0.15) is 11.1 Å². The van der Waals surface area contributed by atoms with Gasteiger partial charge in [0.05, 0.1) is 12.6 Å². The van der Waals surface area contributed by atoms with Gasteiger partial charge in [-0.1, -0.05) is 6.92 Å². The molecule has 3 aliphatic heterocycles. The van der Waals surface area contributed by atoms with Crippen LogP contribution in [0.2, 0.25) is 0 Å². The molecule has 3 saturated heterocycles. The van der Waals surface area contributed by atoms with Crippen molar-refractivity contribution < 1.29 is 9.53 Å². The second kappa shape index (κ2) is 7.10. The van der Waals surface area contributed by atoms with E-state index in [2.05, 4.69) is 16.8 Å². The van der Waals surface area contributed by atoms with E-state index in [4.69, 9.17) is 4.74 Å². The SMILES string of the molecule is CC1CCN(C(=O)[C@H]2C[C@@H]3CCN(Cc4nccs4)C[C@H]3O2)CC1. The molecule has 5 nitrogen and oxygen atoms in total. The molecule has 6 heteroatoms. The van der Waals surface area contributed by atoms with Gasteiger partial charge < -0.3 is 9.64 Å². The Balaban J connectivity index is 1.31. The Morgan fingerprint density at radius 2 is 2.17 bits per heavy atom. The Hall–Kier alpha value is -0.980. The number of likely N-dealkylation sites (tertiary alicyclic amines) is 2. The fraction of sp³-hybridized carbons (Fsp3) is 0.778. The summed E-state index contributed by atoms with van der Waals surface area (Å²) < 4.78 is 6.21. The smallest absolute Gasteiger partial charge is 0.251 e. The molecular weight excluding hydrogens is 322 g/mol. The van der Waals surface area contributed by atoms with Crippen LogP contribution in [-0.2, 0) is 16.1 Å². The Morgan fingerprint density at radius 3 is 2.92 bits per heavy atom. The van der Waals surface area contributed by atoms with Crippen molar-refractivity contribution in [2.45, 2.75) is 51.4 Å². The summed E-state index contributed by atoms with van der Waals surface area (Å²) in [6.45, 7) is 7.03. The predicted octanol–water partition coefficient (Wildman–Crippen LogP) is 2.38. The van der Waals surface area contributed by atoms with Crippen LogP contribution in [-0.4, -0.2) is 59.1 Å². The average Bonchev–Trinajstić information content (AvgIpc) is 3.24. The van der Waals surface area contributed by atoms with Gasteiger partial charge in [-0.15, -0.1) is 11.3 Å². The first kappa shape index (κ1) is 16.5. The van der Waals surface area contributed by atoms with Crippen LogP contribution in [0.1, 0.15) is 37.6 Å². The van der Waals surface area contributed by atoms with Crippen molar-refractivity contribution in [3.8, 4) is 0 Å². The molecule has 24 heavy (non-hydrogen) atoms. The van der Waals surface area contributed by atoms with E-state index in [1.807, 2.05) is 16.5 Å². The molecular formula is C18H27N3O2S. The van der Waals surface area contributed by atoms with Crippen molar-refractivity contribution in [1.82, 2.24) is 14.8 Å². The highest BCUT2D eigenvalue weighted by molar-refractivity contribution is 7.09. The van der Waals surface area contributed by atoms with Crippen LogP contribution >= 0.6 is 11.3 Å². The first-order valence-electron chi connectivity index (χ1n) is 9.24. The quantitative estimate of drug-likeness (QED) is 0.840. The molecule has 0 aromatic carbocycles. The number of fused-ring (bicyclic) bond motifs is 1. The molecule has 3 fully saturated rings. The van der Waals surface area contributed by atoms with Crippen molar-refractivity contribution in [3.63, 3.8) is 0 Å². The molecule has 0 unspecified atom stereocenters. The minimum Gasteiger partial charge on any atom is -0.364 e. The average molecular weight is 350 g/mol. The minimum atomic E-state index is -0.201. The van der Waals surface area contributed by atoms with Crippen molar-refractivity contribution in [2.24, 2.45) is 11.8 Å². The second-order valence-corrected chi connectivity index (χ2v) is 8.60. The van der Waals surface area contributed by atoms with Crippen molar-refractivity contribution in [3.05, 3.63) is 16.6 Å². The zero-order valence-electron chi connectivity index (χ0n) is 14.4. The number of nitrogens with zero attached hydrogens (tertiary/aromatic N) is 3. The summed E-state index contributed by atoms with van der Waals surface area (Å²) in [5.74, 6) is 1.54. The van der Waals surface area contributed by atoms with Crippen LogP contribution in [0.4, 0.5) is 0 Å². The van der Waals surface area contributed by atoms with Crippen molar-refractivity contribution in [1.29, 1.82) is 0 Å². The number of thiazole rings is 1. The third-order valence-electron chi connectivity index (χ3n) is 5.85. The fourth-order valence-electron chi connectivity index (χ4n) is 4.25. The number of hydrogen-bond acceptors (Lipinski definition) is 5. The molecule has 0 spiro atoms. The number of carbonyl (C=O) groups excluding carboxylic acids is 1. The summed E-state index contributed by atoms with van der Waals surface area (Å²) in [5, 5.41) is 3.20. The van der Waals surface area contributed by atoms with Gasteiger partial charge in [-0.25, -0.2) is 4.98 Å². The van der Waals surface area contributed by atoms with E-state index in [0.29, 0.717) is 5.92 Å². The van der Waals surface area contributed by atoms with Gasteiger partial charge in [0, 0.05) is 31.2 Å². The highest BCUT2D eigenvalue weighted by Gasteiger charge is 2.43. The maximum atomic E-state index is 12.8. The maximum absolute atomic E-state index is 12.8. The van der Waals surface area contributed by atoms with Gasteiger partial charge in [0.25, 0.3) is 5.91 Å². The highest BCUT2D eigenvalue weighted by atomic mass is 32.1. The molecule has 0 radical (unpaired) electrons. The first-order chi connectivity index (χ1) is 11.7. The standard InChI is InChI=1S/C18H27N3O2S/c1-13-2-7-21(8-3-13)18(22)15-10-14-4-6-20(11-16(14)23-15)12-17-19-5-9-24-17/h5,9,13-16H,2-4,6-8,10-12H2,1H3/t14-,15+,16+/m0/s1. The zero-order valence-corrected chi connectivity index (χ0v) is 15.2. The molecule has 0 bridgehead atoms. The minimum absolute atomic E-state index is 0.201. The molecule has 1 aromatic heterocycles. The van der Waals surface area contributed by atoms with Crippen LogP contribution in [0, 0.1) is 11.8 Å². The molecule has 0 saturated carbocycles. The van der Waals surface area contributed by atoms with E-state index in [1.54, 1.807) is 11.3 Å². The Labute approximate surface area is 148 Å². The Morgan fingerprint density at radius 1 is 1.33 bits per heavy atom. The number of hydrogen-bond donors (Lipinski definition) is 0. The Kier molecular flexibility index (Phi) is 4.88. The third-order valence-corrected chi connectivity index (χ3v) is 6.61. The summed E-state index contributed by atoms with van der Waals surface area (Å²) >= 11 is 1.71. The largest absolute Gasteiger partial charge is 0.364 e. The Bertz CT molecular complexity index is 557. The summed E-state index contributed by atoms with van der Waals surface area (Å²) in [6.07, 6.45) is 6.20. The van der Waals surface area contributed by atoms with Crippen LogP contribution < -0.4 is 0 Å². The fourth-order valence-corrected chi connectivity index (χ4v) is 4.91. The topological polar surface area (TPSA) is 45.7 Å². The summed E-state index contributed by atoms with van der Waals surface area (Å²) in [4.78, 5) is 21.6. The number of carbonyl (C=O) groups is 1. The second-order valence-electron chi connectivity index (χ2n) is 7.62. The molecule has 4 rings (SSSR count). The molecule has 0 aliphatic carbocycles. The van der Waals surface area contributed by atoms with Crippen LogP contribution in [0.25, 0.3) is 0 Å². The van der Waals surface area contributed by atoms with Gasteiger partial charge >= 0.3 is 0 Å². The van der Waals surface area contributed by atoms with E-state index in [1.165, 1.54) is 5.01 Å². The van der Waals surface area contributed by atoms with Gasteiger partial charge in [-0.3, -0.25) is 9.69 Å². The number of piperidine rings is 2. The number of aromatic nitrogens is 1. The van der Waals surface area contributed by atoms with Crippen LogP contribution in [0.3, 0.4) is 0 Å². The third kappa shape index (κ3) is 3.51. The normalized spacial score (nSPS) is 32.0. The van der Waals surface area contributed by atoms with Gasteiger partial charge in [0.2, 0.25) is 0 Å². The summed E-state index contributed by atoms with van der Waals surface area (Å²) in [5.41, 5.74) is 0. The first-order valence-corrected chi connectivity index (χ1v) is 10.1. The lowest BCUT2D eigenvalue weighted by molar-refractivity contribution is -0.145. The number of amides is 1. The van der Waals surface area contributed by atoms with Gasteiger partial charge in [-0.05, 0) is 44.1 Å². The molecule has 4 heterocycles. The van der Waals surface area contributed by atoms with E-state index in [-0.39, 0.29) is 18.1 Å². The number of ether oxygens (including phenoxy) is 1. The summed E-state index contributed by atoms with van der Waals surface area (Å²) in [7, 11) is 0. The van der Waals surface area contributed by atoms with Crippen molar-refractivity contribution in [2.75, 3.05) is 26.2 Å².